The van der Waals surface area contributed by atoms with Gasteiger partial charge < -0.3 is 0 Å². The second-order valence-corrected chi connectivity index (χ2v) is 5.23. The van der Waals surface area contributed by atoms with Crippen LogP contribution in [0.2, 0.25) is 5.15 Å². The Labute approximate surface area is 104 Å². The van der Waals surface area contributed by atoms with Crippen molar-refractivity contribution in [1.29, 1.82) is 0 Å². The van der Waals surface area contributed by atoms with Crippen molar-refractivity contribution in [3.05, 3.63) is 48.0 Å². The second kappa shape index (κ2) is 4.68. The zero-order valence-corrected chi connectivity index (χ0v) is 10.1. The molecule has 0 saturated carbocycles. The SMILES string of the molecule is O=S(=O)(Nc1ccnc(Cl)c1)c1cccnc1. The molecular formula is C10H8ClN3O2S. The van der Waals surface area contributed by atoms with Crippen molar-refractivity contribution >= 4 is 27.3 Å². The molecule has 7 heteroatoms. The van der Waals surface area contributed by atoms with E-state index in [2.05, 4.69) is 14.7 Å². The molecule has 0 aromatic carbocycles. The van der Waals surface area contributed by atoms with Gasteiger partial charge in [-0.05, 0) is 24.3 Å². The molecule has 0 bridgehead atoms. The van der Waals surface area contributed by atoms with Crippen molar-refractivity contribution in [3.8, 4) is 0 Å². The topological polar surface area (TPSA) is 72.0 Å². The fourth-order valence-electron chi connectivity index (χ4n) is 1.19. The highest BCUT2D eigenvalue weighted by molar-refractivity contribution is 7.92. The maximum Gasteiger partial charge on any atom is 0.263 e. The lowest BCUT2D eigenvalue weighted by molar-refractivity contribution is 0.601. The van der Waals surface area contributed by atoms with E-state index in [1.807, 2.05) is 0 Å². The first-order chi connectivity index (χ1) is 8.08. The van der Waals surface area contributed by atoms with Gasteiger partial charge in [-0.3, -0.25) is 9.71 Å². The first kappa shape index (κ1) is 11.8. The predicted octanol–water partition coefficient (Wildman–Crippen LogP) is 1.93. The molecule has 2 heterocycles. The lowest BCUT2D eigenvalue weighted by Crippen LogP contribution is -2.13. The summed E-state index contributed by atoms with van der Waals surface area (Å²) in [4.78, 5) is 7.60. The summed E-state index contributed by atoms with van der Waals surface area (Å²) in [5.41, 5.74) is 0.355. The molecule has 2 rings (SSSR count). The largest absolute Gasteiger partial charge is 0.279 e. The summed E-state index contributed by atoms with van der Waals surface area (Å²) in [6.45, 7) is 0. The van der Waals surface area contributed by atoms with Crippen LogP contribution < -0.4 is 4.72 Å². The fraction of sp³-hybridized carbons (Fsp3) is 0. The van der Waals surface area contributed by atoms with Gasteiger partial charge >= 0.3 is 0 Å². The third-order valence-electron chi connectivity index (χ3n) is 1.92. The molecule has 0 fully saturated rings. The van der Waals surface area contributed by atoms with E-state index >= 15 is 0 Å². The molecule has 88 valence electrons. The van der Waals surface area contributed by atoms with Gasteiger partial charge in [-0.15, -0.1) is 0 Å². The van der Waals surface area contributed by atoms with Crippen LogP contribution in [0.5, 0.6) is 0 Å². The molecule has 0 aliphatic rings. The minimum Gasteiger partial charge on any atom is -0.279 e. The standard InChI is InChI=1S/C10H8ClN3O2S/c11-10-6-8(3-5-13-10)14-17(15,16)9-2-1-4-12-7-9/h1-7H,(H,13,14). The van der Waals surface area contributed by atoms with E-state index in [-0.39, 0.29) is 10.0 Å². The molecule has 0 unspecified atom stereocenters. The van der Waals surface area contributed by atoms with Crippen molar-refractivity contribution in [1.82, 2.24) is 9.97 Å². The van der Waals surface area contributed by atoms with Crippen LogP contribution in [-0.4, -0.2) is 18.4 Å². The van der Waals surface area contributed by atoms with Crippen molar-refractivity contribution in [3.63, 3.8) is 0 Å². The zero-order valence-electron chi connectivity index (χ0n) is 8.54. The highest BCUT2D eigenvalue weighted by Crippen LogP contribution is 2.16. The number of aromatic nitrogens is 2. The van der Waals surface area contributed by atoms with Gasteiger partial charge in [0.05, 0.1) is 5.69 Å². The molecule has 2 aromatic heterocycles. The minimum absolute atomic E-state index is 0.0907. The second-order valence-electron chi connectivity index (χ2n) is 3.16. The van der Waals surface area contributed by atoms with Crippen LogP contribution in [0.15, 0.2) is 47.8 Å². The van der Waals surface area contributed by atoms with Gasteiger partial charge in [0.25, 0.3) is 10.0 Å². The van der Waals surface area contributed by atoms with Crippen LogP contribution in [0, 0.1) is 0 Å². The summed E-state index contributed by atoms with van der Waals surface area (Å²) in [7, 11) is -3.63. The fourth-order valence-corrected chi connectivity index (χ4v) is 2.37. The Morgan fingerprint density at radius 3 is 2.71 bits per heavy atom. The highest BCUT2D eigenvalue weighted by atomic mass is 35.5. The van der Waals surface area contributed by atoms with Crippen molar-refractivity contribution in [2.24, 2.45) is 0 Å². The Hall–Kier alpha value is -1.66. The Morgan fingerprint density at radius 2 is 2.06 bits per heavy atom. The van der Waals surface area contributed by atoms with E-state index in [1.165, 1.54) is 36.8 Å². The maximum absolute atomic E-state index is 11.9. The Balaban J connectivity index is 2.30. The molecule has 17 heavy (non-hydrogen) atoms. The summed E-state index contributed by atoms with van der Waals surface area (Å²) in [5, 5.41) is 0.219. The number of rotatable bonds is 3. The number of hydrogen-bond acceptors (Lipinski definition) is 4. The van der Waals surface area contributed by atoms with Crippen LogP contribution in [0.25, 0.3) is 0 Å². The predicted molar refractivity (Wildman–Crippen MR) is 64.3 cm³/mol. The van der Waals surface area contributed by atoms with Crippen LogP contribution >= 0.6 is 11.6 Å². The number of nitrogens with zero attached hydrogens (tertiary/aromatic N) is 2. The summed E-state index contributed by atoms with van der Waals surface area (Å²) < 4.78 is 26.2. The molecule has 0 atom stereocenters. The number of sulfonamides is 1. The molecule has 0 aliphatic heterocycles. The summed E-state index contributed by atoms with van der Waals surface area (Å²) in [6, 6.07) is 5.95. The lowest BCUT2D eigenvalue weighted by atomic mass is 10.4. The number of pyridine rings is 2. The van der Waals surface area contributed by atoms with Gasteiger partial charge in [0.2, 0.25) is 0 Å². The van der Waals surface area contributed by atoms with Crippen LogP contribution in [0.3, 0.4) is 0 Å². The quantitative estimate of drug-likeness (QED) is 0.864. The van der Waals surface area contributed by atoms with Crippen LogP contribution in [0.4, 0.5) is 5.69 Å². The normalized spacial score (nSPS) is 11.1. The van der Waals surface area contributed by atoms with E-state index in [0.29, 0.717) is 5.69 Å². The highest BCUT2D eigenvalue weighted by Gasteiger charge is 2.13. The van der Waals surface area contributed by atoms with Crippen molar-refractivity contribution < 1.29 is 8.42 Å². The Bertz CT molecular complexity index is 616. The van der Waals surface area contributed by atoms with E-state index in [0.717, 1.165) is 0 Å². The van der Waals surface area contributed by atoms with Crippen molar-refractivity contribution in [2.45, 2.75) is 4.90 Å². The van der Waals surface area contributed by atoms with Crippen LogP contribution in [-0.2, 0) is 10.0 Å². The van der Waals surface area contributed by atoms with E-state index < -0.39 is 10.0 Å². The lowest BCUT2D eigenvalue weighted by Gasteiger charge is -2.07. The maximum atomic E-state index is 11.9. The van der Waals surface area contributed by atoms with Crippen LogP contribution in [0.1, 0.15) is 0 Å². The van der Waals surface area contributed by atoms with Gasteiger partial charge in [0, 0.05) is 18.6 Å². The van der Waals surface area contributed by atoms with E-state index in [4.69, 9.17) is 11.6 Å². The van der Waals surface area contributed by atoms with Gasteiger partial charge in [0.15, 0.2) is 0 Å². The van der Waals surface area contributed by atoms with Gasteiger partial charge in [0.1, 0.15) is 10.0 Å². The summed E-state index contributed by atoms with van der Waals surface area (Å²) in [6.07, 6.45) is 4.19. The van der Waals surface area contributed by atoms with E-state index in [9.17, 15) is 8.42 Å². The molecule has 1 N–H and O–H groups in total. The molecule has 0 saturated heterocycles. The smallest absolute Gasteiger partial charge is 0.263 e. The first-order valence-electron chi connectivity index (χ1n) is 4.62. The molecule has 0 spiro atoms. The van der Waals surface area contributed by atoms with Gasteiger partial charge in [-0.1, -0.05) is 11.6 Å². The monoisotopic (exact) mass is 269 g/mol. The molecule has 0 radical (unpaired) electrons. The number of hydrogen-bond donors (Lipinski definition) is 1. The Kier molecular flexibility index (Phi) is 3.26. The van der Waals surface area contributed by atoms with Gasteiger partial charge in [-0.2, -0.15) is 0 Å². The number of anilines is 1. The van der Waals surface area contributed by atoms with Crippen molar-refractivity contribution in [2.75, 3.05) is 4.72 Å². The number of nitrogens with one attached hydrogen (secondary N) is 1. The first-order valence-corrected chi connectivity index (χ1v) is 6.48. The average Bonchev–Trinajstić information content (AvgIpc) is 2.29. The van der Waals surface area contributed by atoms with E-state index in [1.54, 1.807) is 6.07 Å². The zero-order chi connectivity index (χ0) is 12.3. The molecule has 0 aliphatic carbocycles. The molecule has 0 amide bonds. The average molecular weight is 270 g/mol. The Morgan fingerprint density at radius 1 is 1.24 bits per heavy atom. The summed E-state index contributed by atoms with van der Waals surface area (Å²) >= 11 is 5.66. The number of halogens is 1. The minimum atomic E-state index is -3.63. The molecular weight excluding hydrogens is 262 g/mol. The molecule has 5 nitrogen and oxygen atoms in total. The third-order valence-corrected chi connectivity index (χ3v) is 3.50. The third kappa shape index (κ3) is 2.92. The summed E-state index contributed by atoms with van der Waals surface area (Å²) in [5.74, 6) is 0. The molecule has 2 aromatic rings. The van der Waals surface area contributed by atoms with Gasteiger partial charge in [-0.25, -0.2) is 13.4 Å².